The van der Waals surface area contributed by atoms with Crippen LogP contribution in [-0.2, 0) is 19.1 Å². The summed E-state index contributed by atoms with van der Waals surface area (Å²) < 4.78 is 10.8. The van der Waals surface area contributed by atoms with Crippen LogP contribution >= 0.6 is 0 Å². The fraction of sp³-hybridized carbons (Fsp3) is 0.423. The van der Waals surface area contributed by atoms with Gasteiger partial charge in [0.05, 0.1) is 6.10 Å². The molecule has 0 radical (unpaired) electrons. The number of nitrogens with zero attached hydrogens (tertiary/aromatic N) is 1. The number of amides is 2. The van der Waals surface area contributed by atoms with Gasteiger partial charge in [-0.2, -0.15) is 0 Å². The van der Waals surface area contributed by atoms with Crippen LogP contribution < -0.4 is 5.32 Å². The molecule has 1 aliphatic carbocycles. The molecule has 2 aromatic carbocycles. The fourth-order valence-corrected chi connectivity index (χ4v) is 4.61. The highest BCUT2D eigenvalue weighted by Gasteiger charge is 2.37. The van der Waals surface area contributed by atoms with Gasteiger partial charge < -0.3 is 24.8 Å². The van der Waals surface area contributed by atoms with Crippen LogP contribution in [0.5, 0.6) is 0 Å². The lowest BCUT2D eigenvalue weighted by molar-refractivity contribution is -0.155. The maximum Gasteiger partial charge on any atom is 0.407 e. The number of ether oxygens (including phenoxy) is 2. The van der Waals surface area contributed by atoms with Gasteiger partial charge >= 0.3 is 12.1 Å². The number of hydrogen-bond acceptors (Lipinski definition) is 5. The zero-order chi connectivity index (χ0) is 24.2. The number of alkyl carbamates (subject to hydrolysis) is 1. The van der Waals surface area contributed by atoms with E-state index in [2.05, 4.69) is 29.6 Å². The van der Waals surface area contributed by atoms with Crippen molar-refractivity contribution < 1.29 is 29.0 Å². The van der Waals surface area contributed by atoms with Gasteiger partial charge in [0.15, 0.2) is 0 Å². The third-order valence-electron chi connectivity index (χ3n) is 6.24. The van der Waals surface area contributed by atoms with Crippen LogP contribution in [0, 0.1) is 5.92 Å². The van der Waals surface area contributed by atoms with Crippen molar-refractivity contribution in [3.05, 3.63) is 59.7 Å². The van der Waals surface area contributed by atoms with Crippen LogP contribution in [-0.4, -0.2) is 66.4 Å². The zero-order valence-corrected chi connectivity index (χ0v) is 19.4. The van der Waals surface area contributed by atoms with E-state index in [0.717, 1.165) is 22.3 Å². The number of hydrogen-bond donors (Lipinski definition) is 2. The first-order valence-corrected chi connectivity index (χ1v) is 11.6. The molecule has 0 saturated carbocycles. The van der Waals surface area contributed by atoms with E-state index < -0.39 is 18.1 Å². The van der Waals surface area contributed by atoms with Crippen LogP contribution in [0.2, 0.25) is 0 Å². The largest absolute Gasteiger partial charge is 0.480 e. The van der Waals surface area contributed by atoms with E-state index in [4.69, 9.17) is 14.6 Å². The van der Waals surface area contributed by atoms with Gasteiger partial charge in [-0.15, -0.1) is 0 Å². The summed E-state index contributed by atoms with van der Waals surface area (Å²) >= 11 is 0. The Kier molecular flexibility index (Phi) is 7.17. The molecule has 2 aromatic rings. The number of carbonyl (C=O) groups excluding carboxylic acids is 2. The summed E-state index contributed by atoms with van der Waals surface area (Å²) in [6.07, 6.45) is -0.450. The van der Waals surface area contributed by atoms with E-state index in [1.165, 1.54) is 0 Å². The van der Waals surface area contributed by atoms with E-state index in [1.54, 1.807) is 4.90 Å². The highest BCUT2D eigenvalue weighted by atomic mass is 16.5. The van der Waals surface area contributed by atoms with Crippen LogP contribution in [0.1, 0.15) is 37.3 Å². The second-order valence-corrected chi connectivity index (χ2v) is 9.22. The number of likely N-dealkylation sites (tertiary alicyclic amines) is 1. The first-order valence-electron chi connectivity index (χ1n) is 11.6. The van der Waals surface area contributed by atoms with Crippen molar-refractivity contribution in [2.24, 2.45) is 5.92 Å². The number of carbonyl (C=O) groups is 3. The van der Waals surface area contributed by atoms with Crippen molar-refractivity contribution in [2.45, 2.75) is 38.3 Å². The third kappa shape index (κ3) is 5.22. The summed E-state index contributed by atoms with van der Waals surface area (Å²) in [5.41, 5.74) is 4.55. The monoisotopic (exact) mass is 466 g/mol. The molecule has 1 aliphatic heterocycles. The fourth-order valence-electron chi connectivity index (χ4n) is 4.61. The van der Waals surface area contributed by atoms with Gasteiger partial charge in [-0.25, -0.2) is 9.59 Å². The van der Waals surface area contributed by atoms with Crippen LogP contribution in [0.3, 0.4) is 0 Å². The summed E-state index contributed by atoms with van der Waals surface area (Å²) in [7, 11) is 0. The van der Waals surface area contributed by atoms with Gasteiger partial charge in [0.1, 0.15) is 19.3 Å². The molecule has 8 nitrogen and oxygen atoms in total. The van der Waals surface area contributed by atoms with E-state index >= 15 is 0 Å². The molecule has 180 valence electrons. The second-order valence-electron chi connectivity index (χ2n) is 9.22. The molecule has 0 aromatic heterocycles. The Morgan fingerprint density at radius 2 is 1.62 bits per heavy atom. The highest BCUT2D eigenvalue weighted by molar-refractivity contribution is 5.86. The van der Waals surface area contributed by atoms with Crippen molar-refractivity contribution >= 4 is 18.0 Å². The molecule has 4 rings (SSSR count). The van der Waals surface area contributed by atoms with Crippen LogP contribution in [0.15, 0.2) is 48.5 Å². The van der Waals surface area contributed by atoms with Gasteiger partial charge in [0, 0.05) is 19.0 Å². The molecule has 1 fully saturated rings. The smallest absolute Gasteiger partial charge is 0.407 e. The van der Waals surface area contributed by atoms with Crippen molar-refractivity contribution in [1.82, 2.24) is 10.2 Å². The zero-order valence-electron chi connectivity index (χ0n) is 19.4. The lowest BCUT2D eigenvalue weighted by Gasteiger charge is -2.40. The Morgan fingerprint density at radius 3 is 2.18 bits per heavy atom. The summed E-state index contributed by atoms with van der Waals surface area (Å²) in [5, 5.41) is 11.5. The second kappa shape index (κ2) is 10.3. The summed E-state index contributed by atoms with van der Waals surface area (Å²) in [4.78, 5) is 37.9. The standard InChI is InChI=1S/C26H30N2O6/c1-16(2)11-23(25(31)28-12-17(13-28)33-15-24(29)30)27-26(32)34-14-22-20-9-5-3-7-18(20)19-8-4-6-10-21(19)22/h3-10,16-17,22-23H,11-15H2,1-2H3,(H,27,32)(H,29,30)/t23-/m1/s1. The third-order valence-corrected chi connectivity index (χ3v) is 6.24. The van der Waals surface area contributed by atoms with Gasteiger partial charge in [-0.1, -0.05) is 62.4 Å². The lowest BCUT2D eigenvalue weighted by Crippen LogP contribution is -2.60. The number of rotatable bonds is 9. The average Bonchev–Trinajstić information content (AvgIpc) is 3.09. The lowest BCUT2D eigenvalue weighted by atomic mass is 9.98. The Bertz CT molecular complexity index is 1020. The Morgan fingerprint density at radius 1 is 1.03 bits per heavy atom. The number of fused-ring (bicyclic) bond motifs is 3. The van der Waals surface area contributed by atoms with Crippen LogP contribution in [0.25, 0.3) is 11.1 Å². The maximum atomic E-state index is 13.0. The molecule has 2 aliphatic rings. The van der Waals surface area contributed by atoms with Gasteiger partial charge in [-0.3, -0.25) is 4.79 Å². The minimum absolute atomic E-state index is 0.0556. The van der Waals surface area contributed by atoms with Crippen LogP contribution in [0.4, 0.5) is 4.79 Å². The van der Waals surface area contributed by atoms with Crippen molar-refractivity contribution in [3.63, 3.8) is 0 Å². The normalized spacial score (nSPS) is 15.9. The Hall–Kier alpha value is -3.39. The van der Waals surface area contributed by atoms with E-state index in [0.29, 0.717) is 19.5 Å². The first-order chi connectivity index (χ1) is 16.3. The van der Waals surface area contributed by atoms with Crippen molar-refractivity contribution in [3.8, 4) is 11.1 Å². The SMILES string of the molecule is CC(C)C[C@@H](NC(=O)OCC1c2ccccc2-c2ccccc21)C(=O)N1CC(OCC(=O)O)C1. The molecule has 0 bridgehead atoms. The first kappa shape index (κ1) is 23.8. The predicted octanol–water partition coefficient (Wildman–Crippen LogP) is 3.25. The number of carboxylic acids is 1. The summed E-state index contributed by atoms with van der Waals surface area (Å²) in [6, 6.07) is 15.5. The molecule has 34 heavy (non-hydrogen) atoms. The van der Waals surface area contributed by atoms with E-state index in [-0.39, 0.29) is 37.1 Å². The highest BCUT2D eigenvalue weighted by Crippen LogP contribution is 2.44. The number of aliphatic carboxylic acids is 1. The van der Waals surface area contributed by atoms with Gasteiger partial charge in [0.25, 0.3) is 0 Å². The quantitative estimate of drug-likeness (QED) is 0.588. The minimum Gasteiger partial charge on any atom is -0.480 e. The van der Waals surface area contributed by atoms with Gasteiger partial charge in [0.2, 0.25) is 5.91 Å². The molecule has 1 saturated heterocycles. The molecule has 2 N–H and O–H groups in total. The molecule has 1 heterocycles. The Labute approximate surface area is 198 Å². The molecular formula is C26H30N2O6. The van der Waals surface area contributed by atoms with Crippen molar-refractivity contribution in [1.29, 1.82) is 0 Å². The molecule has 8 heteroatoms. The van der Waals surface area contributed by atoms with E-state index in [1.807, 2.05) is 38.1 Å². The summed E-state index contributed by atoms with van der Waals surface area (Å²) in [6.45, 7) is 4.38. The average molecular weight is 467 g/mol. The molecule has 1 atom stereocenters. The van der Waals surface area contributed by atoms with Crippen molar-refractivity contribution in [2.75, 3.05) is 26.3 Å². The molecule has 2 amide bonds. The number of benzene rings is 2. The Balaban J connectivity index is 1.35. The molecular weight excluding hydrogens is 436 g/mol. The predicted molar refractivity (Wildman–Crippen MR) is 125 cm³/mol. The summed E-state index contributed by atoms with van der Waals surface area (Å²) in [5.74, 6) is -1.13. The minimum atomic E-state index is -1.04. The van der Waals surface area contributed by atoms with E-state index in [9.17, 15) is 14.4 Å². The maximum absolute atomic E-state index is 13.0. The molecule has 0 spiro atoms. The number of carboxylic acid groups (broad SMARTS) is 1. The van der Waals surface area contributed by atoms with Gasteiger partial charge in [-0.05, 0) is 34.6 Å². The topological polar surface area (TPSA) is 105 Å². The molecule has 0 unspecified atom stereocenters. The number of nitrogens with one attached hydrogen (secondary N) is 1.